The summed E-state index contributed by atoms with van der Waals surface area (Å²) >= 11 is 0. The van der Waals surface area contributed by atoms with E-state index in [1.54, 1.807) is 12.1 Å². The van der Waals surface area contributed by atoms with Crippen LogP contribution in [-0.2, 0) is 9.59 Å². The van der Waals surface area contributed by atoms with Crippen molar-refractivity contribution in [3.63, 3.8) is 0 Å². The van der Waals surface area contributed by atoms with Gasteiger partial charge in [-0.2, -0.15) is 0 Å². The summed E-state index contributed by atoms with van der Waals surface area (Å²) in [5, 5.41) is 9.02. The van der Waals surface area contributed by atoms with Crippen molar-refractivity contribution in [2.24, 2.45) is 0 Å². The smallest absolute Gasteiger partial charge is 0.256 e. The van der Waals surface area contributed by atoms with Crippen LogP contribution in [0.2, 0.25) is 0 Å². The van der Waals surface area contributed by atoms with Gasteiger partial charge in [-0.25, -0.2) is 4.39 Å². The highest BCUT2D eigenvalue weighted by Gasteiger charge is 2.25. The van der Waals surface area contributed by atoms with E-state index in [-0.39, 0.29) is 18.4 Å². The normalized spacial score (nSPS) is 17.6. The van der Waals surface area contributed by atoms with Crippen molar-refractivity contribution < 1.29 is 14.0 Å². The first-order valence-corrected chi connectivity index (χ1v) is 9.97. The fourth-order valence-electron chi connectivity index (χ4n) is 4.10. The third-order valence-corrected chi connectivity index (χ3v) is 5.70. The molecule has 1 aromatic heterocycles. The van der Waals surface area contributed by atoms with Crippen molar-refractivity contribution in [2.45, 2.75) is 45.6 Å². The lowest BCUT2D eigenvalue weighted by Gasteiger charge is -2.12. The van der Waals surface area contributed by atoms with Gasteiger partial charge in [-0.1, -0.05) is 12.8 Å². The van der Waals surface area contributed by atoms with E-state index in [1.165, 1.54) is 25.0 Å². The predicted molar refractivity (Wildman–Crippen MR) is 112 cm³/mol. The predicted octanol–water partition coefficient (Wildman–Crippen LogP) is 3.73. The van der Waals surface area contributed by atoms with Gasteiger partial charge in [0.05, 0.1) is 17.8 Å². The van der Waals surface area contributed by atoms with Crippen LogP contribution in [0.3, 0.4) is 0 Å². The average molecular weight is 396 g/mol. The van der Waals surface area contributed by atoms with E-state index in [9.17, 15) is 14.0 Å². The van der Waals surface area contributed by atoms with Crippen LogP contribution in [0.15, 0.2) is 18.2 Å². The van der Waals surface area contributed by atoms with Gasteiger partial charge < -0.3 is 20.9 Å². The summed E-state index contributed by atoms with van der Waals surface area (Å²) in [7, 11) is 0. The number of carbonyl (C=O) groups excluding carboxylic acids is 2. The van der Waals surface area contributed by atoms with Crippen molar-refractivity contribution >= 4 is 34.8 Å². The second kappa shape index (κ2) is 7.83. The van der Waals surface area contributed by atoms with Crippen LogP contribution in [0.1, 0.15) is 48.2 Å². The molecule has 4 N–H and O–H groups in total. The number of aromatic nitrogens is 1. The molecule has 2 aromatic rings. The Morgan fingerprint density at radius 1 is 1.28 bits per heavy atom. The molecule has 7 heteroatoms. The third kappa shape index (κ3) is 3.96. The summed E-state index contributed by atoms with van der Waals surface area (Å²) in [4.78, 5) is 27.9. The van der Waals surface area contributed by atoms with Gasteiger partial charge in [0.2, 0.25) is 5.91 Å². The number of nitrogens with one attached hydrogen (secondary N) is 4. The van der Waals surface area contributed by atoms with Crippen LogP contribution in [0.25, 0.3) is 11.6 Å². The van der Waals surface area contributed by atoms with E-state index >= 15 is 0 Å². The number of rotatable bonds is 5. The van der Waals surface area contributed by atoms with Crippen LogP contribution >= 0.6 is 0 Å². The van der Waals surface area contributed by atoms with Gasteiger partial charge in [0.1, 0.15) is 5.82 Å². The zero-order chi connectivity index (χ0) is 20.5. The molecule has 1 fully saturated rings. The number of anilines is 2. The summed E-state index contributed by atoms with van der Waals surface area (Å²) in [6, 6.07) is 4.65. The lowest BCUT2D eigenvalue weighted by Crippen LogP contribution is -2.34. The fourth-order valence-corrected chi connectivity index (χ4v) is 4.10. The Morgan fingerprint density at radius 3 is 2.79 bits per heavy atom. The molecule has 6 nitrogen and oxygen atoms in total. The molecule has 1 aliphatic carbocycles. The number of carbonyl (C=O) groups is 2. The Morgan fingerprint density at radius 2 is 2.03 bits per heavy atom. The molecule has 1 saturated carbocycles. The van der Waals surface area contributed by atoms with E-state index in [1.807, 2.05) is 13.8 Å². The molecule has 0 bridgehead atoms. The monoisotopic (exact) mass is 396 g/mol. The Labute approximate surface area is 169 Å². The summed E-state index contributed by atoms with van der Waals surface area (Å²) in [6.45, 7) is 4.03. The molecule has 0 spiro atoms. The van der Waals surface area contributed by atoms with Gasteiger partial charge in [0.15, 0.2) is 0 Å². The summed E-state index contributed by atoms with van der Waals surface area (Å²) in [6.07, 6.45) is 6.38. The zero-order valence-corrected chi connectivity index (χ0v) is 16.6. The van der Waals surface area contributed by atoms with E-state index in [0.29, 0.717) is 34.2 Å². The highest BCUT2D eigenvalue weighted by molar-refractivity contribution is 6.34. The lowest BCUT2D eigenvalue weighted by molar-refractivity contribution is -0.115. The Balaban J connectivity index is 1.53. The number of aryl methyl sites for hydroxylation is 1. The van der Waals surface area contributed by atoms with Crippen molar-refractivity contribution in [1.82, 2.24) is 10.3 Å². The fraction of sp³-hybridized carbons (Fsp3) is 0.364. The van der Waals surface area contributed by atoms with Crippen molar-refractivity contribution in [3.05, 3.63) is 46.5 Å². The molecule has 2 amide bonds. The summed E-state index contributed by atoms with van der Waals surface area (Å²) < 4.78 is 13.6. The number of amides is 2. The standard InChI is InChI=1S/C22H25FN4O2/c1-12-19(10-17-16-9-14(23)7-8-18(16)26-22(17)29)25-13(2)21(12)27-20(28)11-24-15-5-3-4-6-15/h7-10,15,24-25H,3-6,11H2,1-2H3,(H,26,29)(H,27,28)/b17-10-. The van der Waals surface area contributed by atoms with Crippen LogP contribution in [0.5, 0.6) is 0 Å². The second-order valence-corrected chi connectivity index (χ2v) is 7.78. The first-order valence-electron chi connectivity index (χ1n) is 9.97. The first-order chi connectivity index (χ1) is 13.9. The van der Waals surface area contributed by atoms with Gasteiger partial charge >= 0.3 is 0 Å². The quantitative estimate of drug-likeness (QED) is 0.581. The molecule has 2 aliphatic rings. The first kappa shape index (κ1) is 19.4. The van der Waals surface area contributed by atoms with E-state index in [0.717, 1.165) is 24.1 Å². The van der Waals surface area contributed by atoms with Gasteiger partial charge in [0.25, 0.3) is 5.91 Å². The van der Waals surface area contributed by atoms with Crippen LogP contribution < -0.4 is 16.0 Å². The topological polar surface area (TPSA) is 86.0 Å². The largest absolute Gasteiger partial charge is 0.357 e. The molecule has 1 aliphatic heterocycles. The molecule has 29 heavy (non-hydrogen) atoms. The van der Waals surface area contributed by atoms with E-state index in [2.05, 4.69) is 20.9 Å². The second-order valence-electron chi connectivity index (χ2n) is 7.78. The lowest BCUT2D eigenvalue weighted by atomic mass is 10.0. The summed E-state index contributed by atoms with van der Waals surface area (Å²) in [5.41, 5.74) is 4.59. The number of benzene rings is 1. The molecule has 0 atom stereocenters. The third-order valence-electron chi connectivity index (χ3n) is 5.70. The molecular formula is C22H25FN4O2. The van der Waals surface area contributed by atoms with Crippen molar-refractivity contribution in [2.75, 3.05) is 17.2 Å². The van der Waals surface area contributed by atoms with E-state index in [4.69, 9.17) is 0 Å². The van der Waals surface area contributed by atoms with E-state index < -0.39 is 5.82 Å². The minimum absolute atomic E-state index is 0.0904. The van der Waals surface area contributed by atoms with Crippen LogP contribution in [-0.4, -0.2) is 29.4 Å². The molecular weight excluding hydrogens is 371 g/mol. The maximum absolute atomic E-state index is 13.6. The summed E-state index contributed by atoms with van der Waals surface area (Å²) in [5.74, 6) is -0.760. The molecule has 0 unspecified atom stereocenters. The minimum Gasteiger partial charge on any atom is -0.357 e. The van der Waals surface area contributed by atoms with Gasteiger partial charge in [-0.05, 0) is 56.5 Å². The van der Waals surface area contributed by atoms with Crippen molar-refractivity contribution in [3.8, 4) is 0 Å². The number of aromatic amines is 1. The minimum atomic E-state index is -0.395. The molecule has 1 aromatic carbocycles. The molecule has 0 radical (unpaired) electrons. The molecule has 152 valence electrons. The molecule has 2 heterocycles. The highest BCUT2D eigenvalue weighted by atomic mass is 19.1. The Hall–Kier alpha value is -2.93. The van der Waals surface area contributed by atoms with Gasteiger partial charge in [0, 0.05) is 28.7 Å². The zero-order valence-electron chi connectivity index (χ0n) is 16.6. The average Bonchev–Trinajstić information content (AvgIpc) is 3.37. The molecule has 0 saturated heterocycles. The van der Waals surface area contributed by atoms with Crippen molar-refractivity contribution in [1.29, 1.82) is 0 Å². The maximum atomic E-state index is 13.6. The number of hydrogen-bond donors (Lipinski definition) is 4. The number of fused-ring (bicyclic) bond motifs is 1. The van der Waals surface area contributed by atoms with Crippen LogP contribution in [0.4, 0.5) is 15.8 Å². The number of halogens is 1. The number of hydrogen-bond acceptors (Lipinski definition) is 3. The Bertz CT molecular complexity index is 1000. The number of H-pyrrole nitrogens is 1. The van der Waals surface area contributed by atoms with Crippen LogP contribution in [0, 0.1) is 19.7 Å². The Kier molecular flexibility index (Phi) is 5.24. The SMILES string of the molecule is Cc1[nH]c(/C=C2\C(=O)Nc3ccc(F)cc32)c(C)c1NC(=O)CNC1CCCC1. The maximum Gasteiger partial charge on any atom is 0.256 e. The van der Waals surface area contributed by atoms with Gasteiger partial charge in [-0.15, -0.1) is 0 Å². The highest BCUT2D eigenvalue weighted by Crippen LogP contribution is 2.35. The molecule has 4 rings (SSSR count). The van der Waals surface area contributed by atoms with Gasteiger partial charge in [-0.3, -0.25) is 9.59 Å².